The first-order valence-corrected chi connectivity index (χ1v) is 6.32. The van der Waals surface area contributed by atoms with Crippen LogP contribution in [0.3, 0.4) is 0 Å². The fraction of sp³-hybridized carbons (Fsp3) is 0.250. The van der Waals surface area contributed by atoms with Gasteiger partial charge in [-0.05, 0) is 29.7 Å². The van der Waals surface area contributed by atoms with Crippen LogP contribution in [0.25, 0.3) is 0 Å². The Bertz CT molecular complexity index is 505. The first-order valence-electron chi connectivity index (χ1n) is 6.32. The maximum atomic E-state index is 12.7. The summed E-state index contributed by atoms with van der Waals surface area (Å²) in [6.07, 6.45) is -0.0363. The largest absolute Gasteiger partial charge is 0.364 e. The first-order chi connectivity index (χ1) is 9.19. The molecule has 0 aliphatic rings. The summed E-state index contributed by atoms with van der Waals surface area (Å²) in [6, 6.07) is 13.7. The average Bonchev–Trinajstić information content (AvgIpc) is 2.46. The van der Waals surface area contributed by atoms with E-state index in [9.17, 15) is 9.50 Å². The van der Waals surface area contributed by atoms with Gasteiger partial charge >= 0.3 is 0 Å². The summed E-state index contributed by atoms with van der Waals surface area (Å²) in [6.45, 7) is 2.42. The number of ether oxygens (including phenoxy) is 1. The van der Waals surface area contributed by atoms with Crippen molar-refractivity contribution in [3.8, 4) is 0 Å². The molecular weight excluding hydrogens is 243 g/mol. The zero-order valence-corrected chi connectivity index (χ0v) is 10.8. The van der Waals surface area contributed by atoms with E-state index >= 15 is 0 Å². The Labute approximate surface area is 112 Å². The minimum atomic E-state index is -1.04. The lowest BCUT2D eigenvalue weighted by Crippen LogP contribution is -2.03. The van der Waals surface area contributed by atoms with Crippen molar-refractivity contribution in [1.29, 1.82) is 0 Å². The summed E-state index contributed by atoms with van der Waals surface area (Å²) in [4.78, 5) is 0. The molecule has 0 bridgehead atoms. The highest BCUT2D eigenvalue weighted by atomic mass is 19.1. The molecule has 1 N–H and O–H groups in total. The van der Waals surface area contributed by atoms with Crippen molar-refractivity contribution < 1.29 is 14.2 Å². The molecule has 0 aliphatic carbocycles. The molecule has 0 radical (unpaired) electrons. The van der Waals surface area contributed by atoms with Crippen molar-refractivity contribution in [1.82, 2.24) is 0 Å². The minimum absolute atomic E-state index is 0.322. The van der Waals surface area contributed by atoms with Gasteiger partial charge in [0, 0.05) is 5.56 Å². The van der Waals surface area contributed by atoms with Crippen LogP contribution >= 0.6 is 0 Å². The normalized spacial score (nSPS) is 12.4. The van der Waals surface area contributed by atoms with E-state index in [-0.39, 0.29) is 5.82 Å². The maximum Gasteiger partial charge on any atom is 0.181 e. The van der Waals surface area contributed by atoms with E-state index in [0.717, 1.165) is 12.0 Å². The SMILES string of the molecule is CCc1ccc(COC(O)c2ccc(F)cc2)cc1. The second-order valence-corrected chi connectivity index (χ2v) is 4.38. The van der Waals surface area contributed by atoms with Gasteiger partial charge in [0.1, 0.15) is 5.82 Å². The van der Waals surface area contributed by atoms with Gasteiger partial charge in [0.05, 0.1) is 6.61 Å². The molecule has 0 amide bonds. The number of aliphatic hydroxyl groups is 1. The van der Waals surface area contributed by atoms with E-state index in [1.807, 2.05) is 24.3 Å². The van der Waals surface area contributed by atoms with Crippen LogP contribution in [0.4, 0.5) is 4.39 Å². The summed E-state index contributed by atoms with van der Waals surface area (Å²) < 4.78 is 18.1. The van der Waals surface area contributed by atoms with E-state index in [1.54, 1.807) is 0 Å². The van der Waals surface area contributed by atoms with E-state index in [4.69, 9.17) is 4.74 Å². The quantitative estimate of drug-likeness (QED) is 0.832. The number of aliphatic hydroxyl groups excluding tert-OH is 1. The summed E-state index contributed by atoms with van der Waals surface area (Å²) in [5.41, 5.74) is 2.81. The summed E-state index contributed by atoms with van der Waals surface area (Å²) in [7, 11) is 0. The molecular formula is C16H17FO2. The summed E-state index contributed by atoms with van der Waals surface area (Å²) >= 11 is 0. The minimum Gasteiger partial charge on any atom is -0.364 e. The predicted molar refractivity (Wildman–Crippen MR) is 72.0 cm³/mol. The lowest BCUT2D eigenvalue weighted by atomic mass is 10.1. The van der Waals surface area contributed by atoms with Gasteiger partial charge in [-0.2, -0.15) is 0 Å². The predicted octanol–water partition coefficient (Wildman–Crippen LogP) is 3.60. The topological polar surface area (TPSA) is 29.5 Å². The van der Waals surface area contributed by atoms with Gasteiger partial charge in [-0.1, -0.05) is 43.3 Å². The fourth-order valence-electron chi connectivity index (χ4n) is 1.77. The van der Waals surface area contributed by atoms with Gasteiger partial charge in [0.15, 0.2) is 6.29 Å². The summed E-state index contributed by atoms with van der Waals surface area (Å²) in [5.74, 6) is -0.328. The van der Waals surface area contributed by atoms with Gasteiger partial charge < -0.3 is 9.84 Å². The molecule has 0 spiro atoms. The number of rotatable bonds is 5. The first kappa shape index (κ1) is 13.7. The molecule has 3 heteroatoms. The van der Waals surface area contributed by atoms with E-state index in [1.165, 1.54) is 29.8 Å². The van der Waals surface area contributed by atoms with Gasteiger partial charge in [0.25, 0.3) is 0 Å². The van der Waals surface area contributed by atoms with Crippen molar-refractivity contribution in [2.45, 2.75) is 26.2 Å². The second kappa shape index (κ2) is 6.45. The molecule has 0 fully saturated rings. The molecule has 1 unspecified atom stereocenters. The third-order valence-electron chi connectivity index (χ3n) is 2.99. The Morgan fingerprint density at radius 2 is 1.58 bits per heavy atom. The zero-order chi connectivity index (χ0) is 13.7. The third-order valence-corrected chi connectivity index (χ3v) is 2.99. The molecule has 100 valence electrons. The van der Waals surface area contributed by atoms with E-state index < -0.39 is 6.29 Å². The fourth-order valence-corrected chi connectivity index (χ4v) is 1.77. The number of aryl methyl sites for hydroxylation is 1. The molecule has 0 saturated carbocycles. The Kier molecular flexibility index (Phi) is 4.66. The number of benzene rings is 2. The van der Waals surface area contributed by atoms with Crippen LogP contribution in [0.15, 0.2) is 48.5 Å². The smallest absolute Gasteiger partial charge is 0.181 e. The molecule has 2 rings (SSSR count). The lowest BCUT2D eigenvalue weighted by Gasteiger charge is -2.12. The van der Waals surface area contributed by atoms with Crippen molar-refractivity contribution in [3.63, 3.8) is 0 Å². The van der Waals surface area contributed by atoms with Crippen molar-refractivity contribution >= 4 is 0 Å². The molecule has 2 nitrogen and oxygen atoms in total. The standard InChI is InChI=1S/C16H17FO2/c1-2-12-3-5-13(6-4-12)11-19-16(18)14-7-9-15(17)10-8-14/h3-10,16,18H,2,11H2,1H3. The Morgan fingerprint density at radius 3 is 2.16 bits per heavy atom. The molecule has 0 aromatic heterocycles. The molecule has 19 heavy (non-hydrogen) atoms. The highest BCUT2D eigenvalue weighted by Gasteiger charge is 2.07. The van der Waals surface area contributed by atoms with Crippen molar-refractivity contribution in [3.05, 3.63) is 71.0 Å². The highest BCUT2D eigenvalue weighted by molar-refractivity contribution is 5.22. The summed E-state index contributed by atoms with van der Waals surface area (Å²) in [5, 5.41) is 9.83. The number of halogens is 1. The molecule has 0 saturated heterocycles. The number of hydrogen-bond acceptors (Lipinski definition) is 2. The van der Waals surface area contributed by atoms with Crippen LogP contribution in [0.5, 0.6) is 0 Å². The lowest BCUT2D eigenvalue weighted by molar-refractivity contribution is -0.112. The average molecular weight is 260 g/mol. The number of hydrogen-bond donors (Lipinski definition) is 1. The van der Waals surface area contributed by atoms with Gasteiger partial charge in [0.2, 0.25) is 0 Å². The Morgan fingerprint density at radius 1 is 1.00 bits per heavy atom. The van der Waals surface area contributed by atoms with Crippen LogP contribution in [0.2, 0.25) is 0 Å². The van der Waals surface area contributed by atoms with Crippen molar-refractivity contribution in [2.75, 3.05) is 0 Å². The van der Waals surface area contributed by atoms with E-state index in [0.29, 0.717) is 12.2 Å². The van der Waals surface area contributed by atoms with Crippen molar-refractivity contribution in [2.24, 2.45) is 0 Å². The Hall–Kier alpha value is -1.71. The van der Waals surface area contributed by atoms with Crippen LogP contribution < -0.4 is 0 Å². The van der Waals surface area contributed by atoms with Crippen LogP contribution in [0.1, 0.15) is 29.9 Å². The van der Waals surface area contributed by atoms with Crippen LogP contribution in [-0.2, 0) is 17.8 Å². The maximum absolute atomic E-state index is 12.7. The highest BCUT2D eigenvalue weighted by Crippen LogP contribution is 2.17. The monoisotopic (exact) mass is 260 g/mol. The van der Waals surface area contributed by atoms with Gasteiger partial charge in [-0.3, -0.25) is 0 Å². The zero-order valence-electron chi connectivity index (χ0n) is 10.8. The van der Waals surface area contributed by atoms with Crippen LogP contribution in [0, 0.1) is 5.82 Å². The molecule has 2 aromatic rings. The molecule has 2 aromatic carbocycles. The second-order valence-electron chi connectivity index (χ2n) is 4.38. The molecule has 1 atom stereocenters. The van der Waals surface area contributed by atoms with E-state index in [2.05, 4.69) is 6.92 Å². The van der Waals surface area contributed by atoms with Gasteiger partial charge in [-0.15, -0.1) is 0 Å². The van der Waals surface area contributed by atoms with Gasteiger partial charge in [-0.25, -0.2) is 4.39 Å². The van der Waals surface area contributed by atoms with Crippen LogP contribution in [-0.4, -0.2) is 5.11 Å². The third kappa shape index (κ3) is 3.88. The molecule has 0 heterocycles. The Balaban J connectivity index is 1.92. The molecule has 0 aliphatic heterocycles.